The summed E-state index contributed by atoms with van der Waals surface area (Å²) in [4.78, 5) is 32.7. The Bertz CT molecular complexity index is 701. The third-order valence-electron chi connectivity index (χ3n) is 4.43. The van der Waals surface area contributed by atoms with Crippen molar-refractivity contribution >= 4 is 28.8 Å². The number of carbonyl (C=O) groups is 2. The van der Waals surface area contributed by atoms with E-state index in [0.717, 1.165) is 5.69 Å². The van der Waals surface area contributed by atoms with Crippen LogP contribution in [0.3, 0.4) is 0 Å². The maximum absolute atomic E-state index is 12.6. The number of hydrogen-bond acceptors (Lipinski definition) is 4. The average Bonchev–Trinajstić information content (AvgIpc) is 3.25. The van der Waals surface area contributed by atoms with Gasteiger partial charge in [-0.05, 0) is 23.6 Å². The Morgan fingerprint density at radius 1 is 1.23 bits per heavy atom. The Morgan fingerprint density at radius 2 is 2.14 bits per heavy atom. The molecule has 0 aromatic carbocycles. The minimum atomic E-state index is -0.0788. The number of anilines is 1. The van der Waals surface area contributed by atoms with Crippen LogP contribution in [-0.2, 0) is 4.79 Å². The highest BCUT2D eigenvalue weighted by molar-refractivity contribution is 7.08. The fraction of sp³-hybridized carbons (Fsp3) is 0.312. The van der Waals surface area contributed by atoms with Crippen molar-refractivity contribution < 1.29 is 9.59 Å². The molecule has 2 fully saturated rings. The quantitative estimate of drug-likeness (QED) is 0.850. The van der Waals surface area contributed by atoms with Crippen molar-refractivity contribution in [3.8, 4) is 0 Å². The SMILES string of the molecule is O=C(c1ccccn1)N1C[C@@H]2CN(c3ccsc3)C(=O)[C@@H]2C1. The van der Waals surface area contributed by atoms with Crippen LogP contribution >= 0.6 is 11.3 Å². The number of pyridine rings is 1. The number of amides is 2. The smallest absolute Gasteiger partial charge is 0.272 e. The highest BCUT2D eigenvalue weighted by atomic mass is 32.1. The van der Waals surface area contributed by atoms with E-state index in [0.29, 0.717) is 25.3 Å². The number of hydrogen-bond donors (Lipinski definition) is 0. The van der Waals surface area contributed by atoms with Crippen molar-refractivity contribution in [3.05, 3.63) is 46.9 Å². The number of thiophene rings is 1. The Kier molecular flexibility index (Phi) is 3.18. The van der Waals surface area contributed by atoms with Gasteiger partial charge in [0, 0.05) is 37.1 Å². The molecule has 2 aromatic rings. The van der Waals surface area contributed by atoms with Crippen molar-refractivity contribution in [1.29, 1.82) is 0 Å². The monoisotopic (exact) mass is 313 g/mol. The second-order valence-electron chi connectivity index (χ2n) is 5.72. The molecule has 2 aliphatic rings. The van der Waals surface area contributed by atoms with Crippen molar-refractivity contribution in [1.82, 2.24) is 9.88 Å². The Labute approximate surface area is 132 Å². The van der Waals surface area contributed by atoms with Crippen molar-refractivity contribution in [2.45, 2.75) is 0 Å². The molecule has 6 heteroatoms. The topological polar surface area (TPSA) is 53.5 Å². The molecular formula is C16H15N3O2S. The van der Waals surface area contributed by atoms with Crippen LogP contribution in [-0.4, -0.2) is 41.3 Å². The maximum Gasteiger partial charge on any atom is 0.272 e. The van der Waals surface area contributed by atoms with Crippen LogP contribution in [0.15, 0.2) is 41.2 Å². The number of fused-ring (bicyclic) bond motifs is 1. The molecular weight excluding hydrogens is 298 g/mol. The van der Waals surface area contributed by atoms with Gasteiger partial charge in [0.15, 0.2) is 0 Å². The van der Waals surface area contributed by atoms with Crippen molar-refractivity contribution in [2.75, 3.05) is 24.5 Å². The molecule has 0 spiro atoms. The normalized spacial score (nSPS) is 23.9. The van der Waals surface area contributed by atoms with Gasteiger partial charge in [-0.3, -0.25) is 14.6 Å². The highest BCUT2D eigenvalue weighted by Gasteiger charge is 2.48. The first-order valence-electron chi connectivity index (χ1n) is 7.28. The summed E-state index contributed by atoms with van der Waals surface area (Å²) in [5.41, 5.74) is 1.43. The van der Waals surface area contributed by atoms with Gasteiger partial charge in [-0.15, -0.1) is 0 Å². The van der Waals surface area contributed by atoms with Crippen LogP contribution in [0.4, 0.5) is 5.69 Å². The number of likely N-dealkylation sites (tertiary alicyclic amines) is 1. The van der Waals surface area contributed by atoms with Crippen LogP contribution in [0.2, 0.25) is 0 Å². The predicted octanol–water partition coefficient (Wildman–Crippen LogP) is 1.88. The van der Waals surface area contributed by atoms with Crippen LogP contribution in [0, 0.1) is 11.8 Å². The molecule has 2 amide bonds. The fourth-order valence-corrected chi connectivity index (χ4v) is 3.96. The Morgan fingerprint density at radius 3 is 2.82 bits per heavy atom. The third kappa shape index (κ3) is 2.11. The number of aromatic nitrogens is 1. The third-order valence-corrected chi connectivity index (χ3v) is 5.10. The molecule has 4 rings (SSSR count). The summed E-state index contributed by atoms with van der Waals surface area (Å²) in [6.07, 6.45) is 1.62. The lowest BCUT2D eigenvalue weighted by molar-refractivity contribution is -0.120. The predicted molar refractivity (Wildman–Crippen MR) is 83.8 cm³/mol. The van der Waals surface area contributed by atoms with E-state index >= 15 is 0 Å². The molecule has 5 nitrogen and oxygen atoms in total. The van der Waals surface area contributed by atoms with E-state index in [-0.39, 0.29) is 23.7 Å². The number of nitrogens with zero attached hydrogens (tertiary/aromatic N) is 3. The molecule has 112 valence electrons. The van der Waals surface area contributed by atoms with Crippen molar-refractivity contribution in [3.63, 3.8) is 0 Å². The molecule has 0 radical (unpaired) electrons. The molecule has 2 atom stereocenters. The molecule has 0 saturated carbocycles. The van der Waals surface area contributed by atoms with Crippen LogP contribution in [0.5, 0.6) is 0 Å². The van der Waals surface area contributed by atoms with E-state index in [1.165, 1.54) is 0 Å². The van der Waals surface area contributed by atoms with Crippen LogP contribution in [0.1, 0.15) is 10.5 Å². The summed E-state index contributed by atoms with van der Waals surface area (Å²) in [6, 6.07) is 7.29. The Hall–Kier alpha value is -2.21. The van der Waals surface area contributed by atoms with Gasteiger partial charge in [0.2, 0.25) is 5.91 Å². The van der Waals surface area contributed by atoms with Gasteiger partial charge in [0.05, 0.1) is 11.6 Å². The molecule has 0 aliphatic carbocycles. The fourth-order valence-electron chi connectivity index (χ4n) is 3.32. The standard InChI is InChI=1S/C16H15N3O2S/c20-15-13-9-18(16(21)14-3-1-2-5-17-14)7-11(13)8-19(15)12-4-6-22-10-12/h1-6,10-11,13H,7-9H2/t11-,13-/m1/s1. The van der Waals surface area contributed by atoms with Gasteiger partial charge in [0.25, 0.3) is 5.91 Å². The highest BCUT2D eigenvalue weighted by Crippen LogP contribution is 2.36. The second kappa shape index (κ2) is 5.21. The summed E-state index contributed by atoms with van der Waals surface area (Å²) in [5.74, 6) is 0.206. The van der Waals surface area contributed by atoms with Crippen molar-refractivity contribution in [2.24, 2.45) is 11.8 Å². The maximum atomic E-state index is 12.6. The molecule has 0 N–H and O–H groups in total. The first-order chi connectivity index (χ1) is 10.7. The molecule has 2 aromatic heterocycles. The van der Waals surface area contributed by atoms with Gasteiger partial charge in [-0.25, -0.2) is 0 Å². The largest absolute Gasteiger partial charge is 0.336 e. The summed E-state index contributed by atoms with van der Waals surface area (Å²) >= 11 is 1.59. The summed E-state index contributed by atoms with van der Waals surface area (Å²) in [6.45, 7) is 1.83. The first kappa shape index (κ1) is 13.5. The van der Waals surface area contributed by atoms with Crippen LogP contribution in [0.25, 0.3) is 0 Å². The number of rotatable bonds is 2. The van der Waals surface area contributed by atoms with E-state index in [1.54, 1.807) is 40.6 Å². The molecule has 2 aliphatic heterocycles. The lowest BCUT2D eigenvalue weighted by Crippen LogP contribution is -2.35. The molecule has 22 heavy (non-hydrogen) atoms. The van der Waals surface area contributed by atoms with E-state index in [4.69, 9.17) is 0 Å². The molecule has 4 heterocycles. The lowest BCUT2D eigenvalue weighted by Gasteiger charge is -2.20. The zero-order valence-electron chi connectivity index (χ0n) is 11.9. The zero-order valence-corrected chi connectivity index (χ0v) is 12.7. The molecule has 0 unspecified atom stereocenters. The van der Waals surface area contributed by atoms with Gasteiger partial charge < -0.3 is 9.80 Å². The average molecular weight is 313 g/mol. The van der Waals surface area contributed by atoms with Gasteiger partial charge in [-0.1, -0.05) is 6.07 Å². The Balaban J connectivity index is 1.49. The minimum absolute atomic E-state index is 0.0763. The van der Waals surface area contributed by atoms with Gasteiger partial charge >= 0.3 is 0 Å². The molecule has 2 saturated heterocycles. The molecule has 0 bridgehead atoms. The van der Waals surface area contributed by atoms with Crippen LogP contribution < -0.4 is 4.90 Å². The lowest BCUT2D eigenvalue weighted by atomic mass is 10.0. The minimum Gasteiger partial charge on any atom is -0.336 e. The number of carbonyl (C=O) groups excluding carboxylic acids is 2. The van der Waals surface area contributed by atoms with Gasteiger partial charge in [0.1, 0.15) is 5.69 Å². The summed E-state index contributed by atoms with van der Waals surface area (Å²) in [5, 5.41) is 3.98. The first-order valence-corrected chi connectivity index (χ1v) is 8.22. The van der Waals surface area contributed by atoms with E-state index in [9.17, 15) is 9.59 Å². The van der Waals surface area contributed by atoms with E-state index in [2.05, 4.69) is 4.98 Å². The summed E-state index contributed by atoms with van der Waals surface area (Å²) in [7, 11) is 0. The van der Waals surface area contributed by atoms with E-state index < -0.39 is 0 Å². The second-order valence-corrected chi connectivity index (χ2v) is 6.50. The zero-order chi connectivity index (χ0) is 15.1. The summed E-state index contributed by atoms with van der Waals surface area (Å²) < 4.78 is 0. The van der Waals surface area contributed by atoms with E-state index in [1.807, 2.05) is 21.7 Å². The van der Waals surface area contributed by atoms with Gasteiger partial charge in [-0.2, -0.15) is 11.3 Å².